The van der Waals surface area contributed by atoms with E-state index >= 15 is 0 Å². The molecule has 178 valence electrons. The van der Waals surface area contributed by atoms with Gasteiger partial charge in [0.2, 0.25) is 5.91 Å². The number of likely N-dealkylation sites (tertiary alicyclic amines) is 1. The fraction of sp³-hybridized carbons (Fsp3) is 0.423. The number of hydrogen-bond acceptors (Lipinski definition) is 5. The molecule has 0 bridgehead atoms. The first-order chi connectivity index (χ1) is 16.4. The summed E-state index contributed by atoms with van der Waals surface area (Å²) < 4.78 is 5.65. The van der Waals surface area contributed by atoms with Crippen LogP contribution in [0.25, 0.3) is 11.1 Å². The van der Waals surface area contributed by atoms with E-state index in [1.54, 1.807) is 0 Å². The molecule has 34 heavy (non-hydrogen) atoms. The number of carbonyl (C=O) groups is 3. The first-order valence-corrected chi connectivity index (χ1v) is 11.7. The second-order valence-corrected chi connectivity index (χ2v) is 9.44. The standard InChI is InChI=1S/C26H28N2O6/c29-16-13-22(23(30)31)28(14-16)24(32)26(11-5-6-12-26)27-25(33)34-15-21-19-9-3-1-7-17(19)18-8-2-4-10-20(18)21/h1-4,7-10,16,21-22,29H,5-6,11-15H2,(H,27,33)(H,30,31)/t16-,22-/m1/s1. The van der Waals surface area contributed by atoms with E-state index in [1.165, 1.54) is 4.90 Å². The minimum atomic E-state index is -1.21. The van der Waals surface area contributed by atoms with Gasteiger partial charge in [0.05, 0.1) is 6.10 Å². The molecule has 1 heterocycles. The minimum absolute atomic E-state index is 0.0118. The molecular formula is C26H28N2O6. The number of aliphatic hydroxyl groups is 1. The number of nitrogens with one attached hydrogen (secondary N) is 1. The van der Waals surface area contributed by atoms with Crippen LogP contribution in [0.2, 0.25) is 0 Å². The molecule has 2 aromatic rings. The zero-order valence-corrected chi connectivity index (χ0v) is 18.8. The summed E-state index contributed by atoms with van der Waals surface area (Å²) in [5.41, 5.74) is 3.24. The van der Waals surface area contributed by atoms with E-state index in [4.69, 9.17) is 4.74 Å². The molecule has 1 saturated heterocycles. The average molecular weight is 465 g/mol. The second-order valence-electron chi connectivity index (χ2n) is 9.44. The SMILES string of the molecule is O=C(NC1(C(=O)N2C[C@H](O)C[C@@H]2C(=O)O)CCCC1)OCC1c2ccccc2-c2ccccc21. The number of aliphatic carboxylic acids is 1. The largest absolute Gasteiger partial charge is 0.480 e. The van der Waals surface area contributed by atoms with Gasteiger partial charge in [-0.05, 0) is 35.1 Å². The molecule has 1 aliphatic heterocycles. The molecule has 2 amide bonds. The number of carboxylic acid groups (broad SMARTS) is 1. The van der Waals surface area contributed by atoms with E-state index in [0.717, 1.165) is 35.1 Å². The van der Waals surface area contributed by atoms with Crippen molar-refractivity contribution >= 4 is 18.0 Å². The number of ether oxygens (including phenoxy) is 1. The molecule has 5 rings (SSSR count). The van der Waals surface area contributed by atoms with Crippen LogP contribution in [-0.4, -0.2) is 63.9 Å². The maximum Gasteiger partial charge on any atom is 0.408 e. The van der Waals surface area contributed by atoms with Gasteiger partial charge in [-0.2, -0.15) is 0 Å². The summed E-state index contributed by atoms with van der Waals surface area (Å²) >= 11 is 0. The molecular weight excluding hydrogens is 436 g/mol. The van der Waals surface area contributed by atoms with Crippen LogP contribution in [0.4, 0.5) is 4.79 Å². The summed E-state index contributed by atoms with van der Waals surface area (Å²) in [6.45, 7) is 0.0776. The Morgan fingerprint density at radius 3 is 2.18 bits per heavy atom. The number of carbonyl (C=O) groups excluding carboxylic acids is 2. The Hall–Kier alpha value is -3.39. The predicted octanol–water partition coefficient (Wildman–Crippen LogP) is 2.88. The average Bonchev–Trinajstić information content (AvgIpc) is 3.54. The molecule has 2 aromatic carbocycles. The number of hydrogen-bond donors (Lipinski definition) is 3. The molecule has 0 aromatic heterocycles. The molecule has 2 atom stereocenters. The van der Waals surface area contributed by atoms with Crippen molar-refractivity contribution in [1.29, 1.82) is 0 Å². The van der Waals surface area contributed by atoms with Gasteiger partial charge in [0.25, 0.3) is 0 Å². The van der Waals surface area contributed by atoms with Crippen molar-refractivity contribution in [2.45, 2.75) is 55.7 Å². The minimum Gasteiger partial charge on any atom is -0.480 e. The van der Waals surface area contributed by atoms with Crippen molar-refractivity contribution in [3.8, 4) is 11.1 Å². The number of benzene rings is 2. The highest BCUT2D eigenvalue weighted by Crippen LogP contribution is 2.44. The third-order valence-electron chi connectivity index (χ3n) is 7.38. The highest BCUT2D eigenvalue weighted by molar-refractivity contribution is 5.93. The van der Waals surface area contributed by atoms with Gasteiger partial charge in [0.1, 0.15) is 18.2 Å². The first kappa shape index (κ1) is 22.4. The maximum absolute atomic E-state index is 13.4. The van der Waals surface area contributed by atoms with Gasteiger partial charge in [-0.3, -0.25) is 4.79 Å². The highest BCUT2D eigenvalue weighted by atomic mass is 16.5. The quantitative estimate of drug-likeness (QED) is 0.627. The smallest absolute Gasteiger partial charge is 0.408 e. The highest BCUT2D eigenvalue weighted by Gasteiger charge is 2.50. The van der Waals surface area contributed by atoms with Crippen LogP contribution in [0.3, 0.4) is 0 Å². The van der Waals surface area contributed by atoms with Crippen LogP contribution in [0.5, 0.6) is 0 Å². The van der Waals surface area contributed by atoms with Crippen molar-refractivity contribution in [3.63, 3.8) is 0 Å². The maximum atomic E-state index is 13.4. The number of amides is 2. The van der Waals surface area contributed by atoms with Gasteiger partial charge in [0.15, 0.2) is 0 Å². The number of β-amino-alcohol motifs (C(OH)–C–C–N with tert-alkyl or cyclic N) is 1. The second kappa shape index (κ2) is 8.76. The van der Waals surface area contributed by atoms with Gasteiger partial charge >= 0.3 is 12.1 Å². The van der Waals surface area contributed by atoms with Crippen LogP contribution in [-0.2, 0) is 14.3 Å². The molecule has 8 heteroatoms. The Bertz CT molecular complexity index is 1080. The van der Waals surface area contributed by atoms with E-state index in [2.05, 4.69) is 17.4 Å². The normalized spacial score (nSPS) is 22.8. The van der Waals surface area contributed by atoms with Crippen LogP contribution in [0, 0.1) is 0 Å². The van der Waals surface area contributed by atoms with Crippen LogP contribution < -0.4 is 5.32 Å². The molecule has 2 aliphatic carbocycles. The van der Waals surface area contributed by atoms with Gasteiger partial charge in [-0.1, -0.05) is 61.4 Å². The number of rotatable bonds is 5. The summed E-state index contributed by atoms with van der Waals surface area (Å²) in [4.78, 5) is 39.2. The van der Waals surface area contributed by atoms with Gasteiger partial charge in [-0.25, -0.2) is 9.59 Å². The summed E-state index contributed by atoms with van der Waals surface area (Å²) in [6.07, 6.45) is 0.709. The van der Waals surface area contributed by atoms with E-state index in [-0.39, 0.29) is 25.5 Å². The number of carboxylic acids is 1. The van der Waals surface area contributed by atoms with Crippen molar-refractivity contribution in [3.05, 3.63) is 59.7 Å². The van der Waals surface area contributed by atoms with Crippen LogP contribution in [0.1, 0.15) is 49.1 Å². The third kappa shape index (κ3) is 3.81. The number of aliphatic hydroxyl groups excluding tert-OH is 1. The third-order valence-corrected chi connectivity index (χ3v) is 7.38. The lowest BCUT2D eigenvalue weighted by Crippen LogP contribution is -2.60. The molecule has 0 unspecified atom stereocenters. The van der Waals surface area contributed by atoms with Crippen LogP contribution >= 0.6 is 0 Å². The predicted molar refractivity (Wildman–Crippen MR) is 123 cm³/mol. The van der Waals surface area contributed by atoms with E-state index < -0.39 is 35.7 Å². The zero-order valence-electron chi connectivity index (χ0n) is 18.8. The molecule has 1 saturated carbocycles. The Balaban J connectivity index is 1.31. The molecule has 3 aliphatic rings. The molecule has 0 radical (unpaired) electrons. The summed E-state index contributed by atoms with van der Waals surface area (Å²) in [7, 11) is 0. The lowest BCUT2D eigenvalue weighted by atomic mass is 9.95. The van der Waals surface area contributed by atoms with E-state index in [9.17, 15) is 24.6 Å². The summed E-state index contributed by atoms with van der Waals surface area (Å²) in [5, 5.41) is 22.3. The first-order valence-electron chi connectivity index (χ1n) is 11.7. The van der Waals surface area contributed by atoms with E-state index in [0.29, 0.717) is 12.8 Å². The van der Waals surface area contributed by atoms with Crippen molar-refractivity contribution in [1.82, 2.24) is 10.2 Å². The molecule has 8 nitrogen and oxygen atoms in total. The molecule has 0 spiro atoms. The van der Waals surface area contributed by atoms with Gasteiger partial charge in [-0.15, -0.1) is 0 Å². The Labute approximate surface area is 197 Å². The molecule has 2 fully saturated rings. The Morgan fingerprint density at radius 2 is 1.59 bits per heavy atom. The fourth-order valence-corrected chi connectivity index (χ4v) is 5.75. The summed E-state index contributed by atoms with van der Waals surface area (Å²) in [6, 6.07) is 15.0. The lowest BCUT2D eigenvalue weighted by Gasteiger charge is -2.34. The number of nitrogens with zero attached hydrogens (tertiary/aromatic N) is 1. The zero-order chi connectivity index (χ0) is 23.9. The summed E-state index contributed by atoms with van der Waals surface area (Å²) in [5.74, 6) is -1.71. The van der Waals surface area contributed by atoms with Crippen molar-refractivity contribution < 1.29 is 29.3 Å². The number of alkyl carbamates (subject to hydrolysis) is 1. The molecule has 3 N–H and O–H groups in total. The van der Waals surface area contributed by atoms with Crippen molar-refractivity contribution in [2.24, 2.45) is 0 Å². The fourth-order valence-electron chi connectivity index (χ4n) is 5.75. The van der Waals surface area contributed by atoms with E-state index in [1.807, 2.05) is 36.4 Å². The monoisotopic (exact) mass is 464 g/mol. The van der Waals surface area contributed by atoms with Gasteiger partial charge < -0.3 is 25.2 Å². The van der Waals surface area contributed by atoms with Crippen molar-refractivity contribution in [2.75, 3.05) is 13.2 Å². The Kier molecular flexibility index (Phi) is 5.77. The van der Waals surface area contributed by atoms with Gasteiger partial charge in [0, 0.05) is 18.9 Å². The topological polar surface area (TPSA) is 116 Å². The Morgan fingerprint density at radius 1 is 1.00 bits per heavy atom. The lowest BCUT2D eigenvalue weighted by molar-refractivity contribution is -0.151. The van der Waals surface area contributed by atoms with Crippen LogP contribution in [0.15, 0.2) is 48.5 Å². The number of fused-ring (bicyclic) bond motifs is 3.